The van der Waals surface area contributed by atoms with Gasteiger partial charge in [0.2, 0.25) is 0 Å². The van der Waals surface area contributed by atoms with Gasteiger partial charge in [0, 0.05) is 61.9 Å². The van der Waals surface area contributed by atoms with E-state index in [1.54, 1.807) is 21.3 Å². The Balaban J connectivity index is 0. The fourth-order valence-electron chi connectivity index (χ4n) is 1.58. The minimum atomic E-state index is -2.69. The summed E-state index contributed by atoms with van der Waals surface area (Å²) < 4.78 is 39.9. The Kier molecular flexibility index (Phi) is 15.7. The van der Waals surface area contributed by atoms with Gasteiger partial charge in [-0.3, -0.25) is 0 Å². The normalized spacial score (nSPS) is 11.5. The van der Waals surface area contributed by atoms with E-state index >= 15 is 0 Å². The van der Waals surface area contributed by atoms with Crippen molar-refractivity contribution < 1.29 is 40.5 Å². The molecular formula is C13H30O9Si2. The highest BCUT2D eigenvalue weighted by molar-refractivity contribution is 6.60. The van der Waals surface area contributed by atoms with Crippen molar-refractivity contribution in [3.05, 3.63) is 12.7 Å². The zero-order valence-corrected chi connectivity index (χ0v) is 17.6. The summed E-state index contributed by atoms with van der Waals surface area (Å²) in [4.78, 5) is 10.7. The van der Waals surface area contributed by atoms with Crippen molar-refractivity contribution >= 4 is 23.8 Å². The van der Waals surface area contributed by atoms with E-state index in [2.05, 4.69) is 6.58 Å². The molecule has 0 aliphatic rings. The molecule has 0 aromatic carbocycles. The largest absolute Gasteiger partial charge is 0.678 e. The molecule has 0 atom stereocenters. The number of carbonyl (C=O) groups excluding carboxylic acids is 1. The molecule has 0 heterocycles. The fraction of sp³-hybridized carbons (Fsp3) is 0.769. The lowest BCUT2D eigenvalue weighted by Crippen LogP contribution is -2.45. The fourth-order valence-corrected chi connectivity index (χ4v) is 4.27. The van der Waals surface area contributed by atoms with Crippen molar-refractivity contribution in [2.24, 2.45) is 0 Å². The first-order chi connectivity index (χ1) is 11.4. The molecule has 0 saturated heterocycles. The first-order valence-electron chi connectivity index (χ1n) is 7.03. The lowest BCUT2D eigenvalue weighted by atomic mass is 10.5. The molecule has 144 valence electrons. The topological polar surface area (TPSA) is 90.9 Å². The van der Waals surface area contributed by atoms with Gasteiger partial charge in [-0.25, -0.2) is 4.79 Å². The van der Waals surface area contributed by atoms with Gasteiger partial charge in [0.05, 0.1) is 6.61 Å². The molecule has 0 aliphatic carbocycles. The number of ether oxygens (including phenoxy) is 1. The highest BCUT2D eigenvalue weighted by Gasteiger charge is 2.40. The smallest absolute Gasteiger partial charge is 0.463 e. The maximum Gasteiger partial charge on any atom is 0.678 e. The Morgan fingerprint density at radius 1 is 0.833 bits per heavy atom. The molecule has 0 aromatic rings. The van der Waals surface area contributed by atoms with E-state index in [1.165, 1.54) is 28.4 Å². The van der Waals surface area contributed by atoms with Crippen molar-refractivity contribution in [2.75, 3.05) is 56.4 Å². The van der Waals surface area contributed by atoms with Crippen LogP contribution in [0.2, 0.25) is 6.04 Å². The molecule has 0 spiro atoms. The number of carbonyl (C=O) groups is 1. The molecule has 0 amide bonds. The van der Waals surface area contributed by atoms with Crippen LogP contribution in [0.1, 0.15) is 6.42 Å². The SMILES string of the molecule is C=CC(=O)OCCC[Si](OC)(OC)OC.CO[Si](OC)(OC)OC. The molecule has 0 saturated carbocycles. The van der Waals surface area contributed by atoms with E-state index < -0.39 is 23.8 Å². The van der Waals surface area contributed by atoms with Crippen LogP contribution in [-0.2, 0) is 40.5 Å². The minimum absolute atomic E-state index is 0.315. The molecule has 0 unspecified atom stereocenters. The average molecular weight is 387 g/mol. The zero-order chi connectivity index (χ0) is 19.1. The van der Waals surface area contributed by atoms with Gasteiger partial charge in [-0.05, 0) is 6.42 Å². The summed E-state index contributed by atoms with van der Waals surface area (Å²) in [6.45, 7) is 3.61. The molecule has 0 N–H and O–H groups in total. The van der Waals surface area contributed by atoms with E-state index in [1.807, 2.05) is 0 Å². The summed E-state index contributed by atoms with van der Waals surface area (Å²) >= 11 is 0. The maximum absolute atomic E-state index is 10.7. The average Bonchev–Trinajstić information content (AvgIpc) is 2.65. The number of esters is 1. The Labute approximate surface area is 146 Å². The summed E-state index contributed by atoms with van der Waals surface area (Å²) in [5.74, 6) is -0.422. The zero-order valence-electron chi connectivity index (χ0n) is 15.6. The van der Waals surface area contributed by atoms with Gasteiger partial charge >= 0.3 is 23.8 Å². The molecule has 0 aromatic heterocycles. The van der Waals surface area contributed by atoms with Crippen LogP contribution in [-0.4, -0.2) is 80.2 Å². The summed E-state index contributed by atoms with van der Waals surface area (Å²) in [5, 5.41) is 0. The lowest BCUT2D eigenvalue weighted by molar-refractivity contribution is -0.137. The summed E-state index contributed by atoms with van der Waals surface area (Å²) in [7, 11) is 5.40. The van der Waals surface area contributed by atoms with Crippen LogP contribution in [0.5, 0.6) is 0 Å². The van der Waals surface area contributed by atoms with Gasteiger partial charge in [0.15, 0.2) is 0 Å². The summed E-state index contributed by atoms with van der Waals surface area (Å²) in [5.41, 5.74) is 0. The minimum Gasteiger partial charge on any atom is -0.463 e. The van der Waals surface area contributed by atoms with Crippen LogP contribution >= 0.6 is 0 Å². The molecule has 0 aliphatic heterocycles. The Morgan fingerprint density at radius 3 is 1.50 bits per heavy atom. The van der Waals surface area contributed by atoms with Crippen molar-refractivity contribution in [1.29, 1.82) is 0 Å². The molecule has 0 radical (unpaired) electrons. The summed E-state index contributed by atoms with van der Waals surface area (Å²) in [6.07, 6.45) is 1.77. The van der Waals surface area contributed by atoms with Crippen LogP contribution in [0.3, 0.4) is 0 Å². The highest BCUT2D eigenvalue weighted by atomic mass is 28.4. The number of rotatable bonds is 12. The molecule has 9 nitrogen and oxygen atoms in total. The van der Waals surface area contributed by atoms with E-state index in [0.717, 1.165) is 6.08 Å². The second-order valence-electron chi connectivity index (χ2n) is 4.09. The van der Waals surface area contributed by atoms with Crippen LogP contribution in [0.25, 0.3) is 0 Å². The first kappa shape index (κ1) is 25.6. The standard InChI is InChI=1S/C9H18O5Si.C4H12O4Si/c1-5-9(10)14-7-6-8-15(11-2,12-3)13-4;1-5-9(6-2,7-3)8-4/h5H,1,6-8H2,2-4H3;1-4H3. The first-order valence-corrected chi connectivity index (χ1v) is 10.6. The maximum atomic E-state index is 10.7. The van der Waals surface area contributed by atoms with Gasteiger partial charge in [0.25, 0.3) is 0 Å². The van der Waals surface area contributed by atoms with Gasteiger partial charge < -0.3 is 35.7 Å². The predicted octanol–water partition coefficient (Wildman–Crippen LogP) is 0.991. The highest BCUT2D eigenvalue weighted by Crippen LogP contribution is 2.14. The molecular weight excluding hydrogens is 356 g/mol. The van der Waals surface area contributed by atoms with Crippen LogP contribution in [0, 0.1) is 0 Å². The van der Waals surface area contributed by atoms with Gasteiger partial charge in [-0.15, -0.1) is 0 Å². The van der Waals surface area contributed by atoms with E-state index in [0.29, 0.717) is 19.1 Å². The predicted molar refractivity (Wildman–Crippen MR) is 91.2 cm³/mol. The molecule has 0 rings (SSSR count). The number of hydrogen-bond donors (Lipinski definition) is 0. The third-order valence-corrected chi connectivity index (χ3v) is 7.80. The van der Waals surface area contributed by atoms with Crippen molar-refractivity contribution in [2.45, 2.75) is 12.5 Å². The third kappa shape index (κ3) is 9.61. The van der Waals surface area contributed by atoms with Crippen molar-refractivity contribution in [3.63, 3.8) is 0 Å². The van der Waals surface area contributed by atoms with Gasteiger partial charge in [-0.1, -0.05) is 6.58 Å². The van der Waals surface area contributed by atoms with Crippen LogP contribution in [0.15, 0.2) is 12.7 Å². The monoisotopic (exact) mass is 386 g/mol. The molecule has 0 fully saturated rings. The van der Waals surface area contributed by atoms with E-state index in [9.17, 15) is 4.79 Å². The summed E-state index contributed by atoms with van der Waals surface area (Å²) in [6, 6.07) is 0.612. The Morgan fingerprint density at radius 2 is 1.25 bits per heavy atom. The van der Waals surface area contributed by atoms with Gasteiger partial charge in [-0.2, -0.15) is 0 Å². The van der Waals surface area contributed by atoms with Crippen molar-refractivity contribution in [1.82, 2.24) is 0 Å². The molecule has 24 heavy (non-hydrogen) atoms. The third-order valence-electron chi connectivity index (χ3n) is 2.97. The second kappa shape index (κ2) is 14.7. The molecule has 11 heteroatoms. The van der Waals surface area contributed by atoms with E-state index in [-0.39, 0.29) is 0 Å². The number of hydrogen-bond acceptors (Lipinski definition) is 9. The Bertz CT molecular complexity index is 308. The quantitative estimate of drug-likeness (QED) is 0.211. The van der Waals surface area contributed by atoms with Gasteiger partial charge in [0.1, 0.15) is 0 Å². The second-order valence-corrected chi connectivity index (χ2v) is 9.81. The van der Waals surface area contributed by atoms with Crippen molar-refractivity contribution in [3.8, 4) is 0 Å². The Hall–Kier alpha value is -0.636. The lowest BCUT2D eigenvalue weighted by Gasteiger charge is -2.23. The van der Waals surface area contributed by atoms with Crippen LogP contribution < -0.4 is 0 Å². The molecule has 0 bridgehead atoms. The van der Waals surface area contributed by atoms with E-state index in [4.69, 9.17) is 35.7 Å². The van der Waals surface area contributed by atoms with Crippen LogP contribution in [0.4, 0.5) is 0 Å².